The summed E-state index contributed by atoms with van der Waals surface area (Å²) in [7, 11) is -6.87. The van der Waals surface area contributed by atoms with Gasteiger partial charge in [-0.25, -0.2) is 0 Å². The van der Waals surface area contributed by atoms with E-state index in [9.17, 15) is 0 Å². The van der Waals surface area contributed by atoms with Crippen LogP contribution in [0.2, 0.25) is 41.3 Å². The number of hydrogen-bond acceptors (Lipinski definition) is 6. The van der Waals surface area contributed by atoms with Gasteiger partial charge in [0.15, 0.2) is 22.4 Å². The Morgan fingerprint density at radius 1 is 0.673 bits per heavy atom. The van der Waals surface area contributed by atoms with E-state index < -0.39 is 30.7 Å². The topological polar surface area (TPSA) is 49.4 Å². The van der Waals surface area contributed by atoms with Crippen LogP contribution in [-0.2, 0) is 22.8 Å². The van der Waals surface area contributed by atoms with E-state index in [0.717, 1.165) is 6.42 Å². The molecule has 5 rings (SSSR count). The maximum absolute atomic E-state index is 7.67. The predicted octanol–water partition coefficient (Wildman–Crippen LogP) is 8.32. The molecule has 49 heavy (non-hydrogen) atoms. The number of ether oxygens (including phenoxy) is 2. The van der Waals surface area contributed by atoms with Crippen LogP contribution in [0.5, 0.6) is 0 Å². The molecule has 0 amide bonds. The Kier molecular flexibility index (Phi) is 10.7. The zero-order valence-corrected chi connectivity index (χ0v) is 36.3. The summed E-state index contributed by atoms with van der Waals surface area (Å²) in [4.78, 5) is 2.69. The summed E-state index contributed by atoms with van der Waals surface area (Å²) in [5.74, 6) is -0.672. The van der Waals surface area contributed by atoms with E-state index in [1.165, 1.54) is 10.4 Å². The molecule has 274 valence electrons. The van der Waals surface area contributed by atoms with Crippen molar-refractivity contribution in [3.8, 4) is 0 Å². The molecule has 3 aliphatic heterocycles. The summed E-state index contributed by atoms with van der Waals surface area (Å²) in [6, 6.07) is 22.2. The van der Waals surface area contributed by atoms with Crippen LogP contribution in [0.15, 0.2) is 60.7 Å². The van der Waals surface area contributed by atoms with E-state index >= 15 is 0 Å². The lowest BCUT2D eigenvalue weighted by atomic mass is 10.0. The molecule has 6 nitrogen and oxygen atoms in total. The van der Waals surface area contributed by atoms with Crippen molar-refractivity contribution in [1.29, 1.82) is 0 Å². The van der Waals surface area contributed by atoms with Gasteiger partial charge in [-0.1, -0.05) is 123 Å². The fourth-order valence-electron chi connectivity index (χ4n) is 7.89. The molecule has 2 aromatic carbocycles. The Morgan fingerprint density at radius 2 is 1.16 bits per heavy atom. The van der Waals surface area contributed by atoms with Crippen LogP contribution in [0.3, 0.4) is 0 Å². The van der Waals surface area contributed by atoms with Gasteiger partial charge in [0.25, 0.3) is 8.32 Å². The minimum atomic E-state index is -2.79. The maximum Gasteiger partial charge on any atom is 0.261 e. The molecule has 0 aliphatic carbocycles. The summed E-state index contributed by atoms with van der Waals surface area (Å²) in [6.45, 7) is 35.9. The molecule has 0 bridgehead atoms. The molecule has 2 aromatic rings. The summed E-state index contributed by atoms with van der Waals surface area (Å²) in [5, 5.41) is 2.70. The Balaban J connectivity index is 1.58. The van der Waals surface area contributed by atoms with Gasteiger partial charge in [0.05, 0.1) is 24.8 Å². The van der Waals surface area contributed by atoms with Crippen LogP contribution in [0.1, 0.15) is 82.6 Å². The van der Waals surface area contributed by atoms with E-state index in [1.54, 1.807) is 0 Å². The average molecular weight is 726 g/mol. The Morgan fingerprint density at radius 3 is 1.63 bits per heavy atom. The van der Waals surface area contributed by atoms with Gasteiger partial charge in [-0.05, 0) is 71.9 Å². The minimum absolute atomic E-state index is 0.000504. The molecule has 9 heteroatoms. The minimum Gasteiger partial charge on any atom is -0.415 e. The van der Waals surface area contributed by atoms with Crippen LogP contribution in [-0.4, -0.2) is 85.3 Å². The third-order valence-electron chi connectivity index (χ3n) is 12.5. The lowest BCUT2D eigenvalue weighted by molar-refractivity contribution is -0.171. The normalized spacial score (nSPS) is 28.1. The van der Waals surface area contributed by atoms with Gasteiger partial charge in [0, 0.05) is 12.6 Å². The van der Waals surface area contributed by atoms with Crippen LogP contribution in [0, 0.1) is 0 Å². The molecule has 0 aromatic heterocycles. The Labute approximate surface area is 302 Å². The molecule has 0 saturated carbocycles. The van der Waals surface area contributed by atoms with Crippen LogP contribution in [0.25, 0.3) is 0 Å². The number of hydrogen-bond donors (Lipinski definition) is 0. The zero-order valence-electron chi connectivity index (χ0n) is 33.3. The number of benzene rings is 2. The first-order chi connectivity index (χ1) is 22.4. The fraction of sp³-hybridized carbons (Fsp3) is 0.700. The van der Waals surface area contributed by atoms with Crippen LogP contribution < -0.4 is 10.4 Å². The average Bonchev–Trinajstić information content (AvgIpc) is 3.57. The first-order valence-electron chi connectivity index (χ1n) is 18.6. The highest BCUT2D eigenvalue weighted by molar-refractivity contribution is 6.99. The summed E-state index contributed by atoms with van der Waals surface area (Å²) in [5.41, 5.74) is 0. The highest BCUT2D eigenvalue weighted by atomic mass is 28.4. The Bertz CT molecular complexity index is 1370. The van der Waals surface area contributed by atoms with Crippen molar-refractivity contribution in [3.63, 3.8) is 0 Å². The first kappa shape index (κ1) is 39.1. The van der Waals surface area contributed by atoms with Crippen LogP contribution >= 0.6 is 0 Å². The number of rotatable bonds is 10. The molecular formula is C40H67NO5Si3. The van der Waals surface area contributed by atoms with Gasteiger partial charge in [0.2, 0.25) is 0 Å². The third kappa shape index (κ3) is 7.40. The highest BCUT2D eigenvalue weighted by Crippen LogP contribution is 2.50. The van der Waals surface area contributed by atoms with Gasteiger partial charge in [-0.2, -0.15) is 0 Å². The lowest BCUT2D eigenvalue weighted by Gasteiger charge is -2.45. The van der Waals surface area contributed by atoms with Crippen molar-refractivity contribution in [2.75, 3.05) is 13.2 Å². The third-order valence-corrected chi connectivity index (χ3v) is 26.5. The molecule has 0 spiro atoms. The van der Waals surface area contributed by atoms with E-state index in [4.69, 9.17) is 22.8 Å². The molecular weight excluding hydrogens is 659 g/mol. The molecule has 0 unspecified atom stereocenters. The monoisotopic (exact) mass is 725 g/mol. The second kappa shape index (κ2) is 13.4. The van der Waals surface area contributed by atoms with E-state index in [1.807, 2.05) is 0 Å². The largest absolute Gasteiger partial charge is 0.415 e. The van der Waals surface area contributed by atoms with Gasteiger partial charge in [-0.15, -0.1) is 0 Å². The molecule has 3 saturated heterocycles. The second-order valence-electron chi connectivity index (χ2n) is 19.4. The Hall–Kier alpha value is -1.15. The standard InChI is InChI=1S/C40H67NO5Si3/c1-37(2,3)47(12,13)42-27-29-26-33(46-48(14,15)38(4,5)6)34-36-35(44-40(10,11)45-36)32(41(29)34)28-43-49(39(7,8)9,30-22-18-16-19-23-30)31-24-20-17-21-25-31/h16-25,29,32-36H,26-28H2,1-15H3/t29-,32-,33-,34-,35-,36+/m1/s1. The van der Waals surface area contributed by atoms with E-state index in [-0.39, 0.29) is 51.6 Å². The van der Waals surface area contributed by atoms with E-state index in [2.05, 4.69) is 168 Å². The van der Waals surface area contributed by atoms with Gasteiger partial charge in [0.1, 0.15) is 12.2 Å². The quantitative estimate of drug-likeness (QED) is 0.230. The van der Waals surface area contributed by atoms with Crippen molar-refractivity contribution < 1.29 is 22.8 Å². The van der Waals surface area contributed by atoms with E-state index in [0.29, 0.717) is 13.2 Å². The van der Waals surface area contributed by atoms with Crippen molar-refractivity contribution in [2.45, 2.75) is 166 Å². The summed E-state index contributed by atoms with van der Waals surface area (Å²) in [6.07, 6.45) is 0.737. The predicted molar refractivity (Wildman–Crippen MR) is 210 cm³/mol. The smallest absolute Gasteiger partial charge is 0.261 e. The molecule has 0 N–H and O–H groups in total. The fourth-order valence-corrected chi connectivity index (χ4v) is 14.9. The van der Waals surface area contributed by atoms with Crippen LogP contribution in [0.4, 0.5) is 0 Å². The summed E-state index contributed by atoms with van der Waals surface area (Å²) < 4.78 is 35.8. The molecule has 3 fully saturated rings. The van der Waals surface area contributed by atoms with Crippen molar-refractivity contribution >= 4 is 35.3 Å². The zero-order chi connectivity index (χ0) is 36.4. The SMILES string of the molecule is CC1(C)O[C@@H]2[C@H](O1)[C@@H](CO[Si](c1ccccc1)(c1ccccc1)C(C)(C)C)N1[C@@H](CO[Si](C)(C)C(C)(C)C)C[C@@H](O[Si](C)(C)C(C)(C)C)[C@H]21. The summed E-state index contributed by atoms with van der Waals surface area (Å²) >= 11 is 0. The molecule has 3 heterocycles. The maximum atomic E-state index is 7.67. The van der Waals surface area contributed by atoms with Crippen molar-refractivity contribution in [1.82, 2.24) is 4.90 Å². The van der Waals surface area contributed by atoms with Gasteiger partial charge in [-0.3, -0.25) is 4.90 Å². The van der Waals surface area contributed by atoms with Gasteiger partial charge < -0.3 is 22.8 Å². The molecule has 3 aliphatic rings. The van der Waals surface area contributed by atoms with Crippen molar-refractivity contribution in [2.24, 2.45) is 0 Å². The lowest BCUT2D eigenvalue weighted by Crippen LogP contribution is -2.67. The molecule has 6 atom stereocenters. The first-order valence-corrected chi connectivity index (χ1v) is 26.3. The second-order valence-corrected chi connectivity index (χ2v) is 33.3. The number of nitrogens with zero attached hydrogens (tertiary/aromatic N) is 1. The van der Waals surface area contributed by atoms with Crippen molar-refractivity contribution in [3.05, 3.63) is 60.7 Å². The van der Waals surface area contributed by atoms with Gasteiger partial charge >= 0.3 is 0 Å². The highest BCUT2D eigenvalue weighted by Gasteiger charge is 2.65. The number of fused-ring (bicyclic) bond motifs is 3. The molecule has 0 radical (unpaired) electrons.